The highest BCUT2D eigenvalue weighted by atomic mass is 16.5. The van der Waals surface area contributed by atoms with Crippen LogP contribution >= 0.6 is 0 Å². The van der Waals surface area contributed by atoms with Crippen molar-refractivity contribution in [3.8, 4) is 0 Å². The molecule has 4 nitrogen and oxygen atoms in total. The quantitative estimate of drug-likeness (QED) is 0.716. The van der Waals surface area contributed by atoms with Gasteiger partial charge in [-0.05, 0) is 0 Å². The van der Waals surface area contributed by atoms with Crippen LogP contribution in [-0.2, 0) is 14.3 Å². The van der Waals surface area contributed by atoms with E-state index in [4.69, 9.17) is 9.47 Å². The summed E-state index contributed by atoms with van der Waals surface area (Å²) in [5.41, 5.74) is 0.997. The maximum absolute atomic E-state index is 10.6. The number of carbonyl (C=O) groups is 1. The fraction of sp³-hybridized carbons (Fsp3) is 0.417. The lowest BCUT2D eigenvalue weighted by atomic mass is 10.2. The van der Waals surface area contributed by atoms with Crippen molar-refractivity contribution in [2.24, 2.45) is 0 Å². The van der Waals surface area contributed by atoms with Crippen molar-refractivity contribution >= 4 is 6.47 Å². The summed E-state index contributed by atoms with van der Waals surface area (Å²) >= 11 is 0. The van der Waals surface area contributed by atoms with Crippen molar-refractivity contribution in [2.75, 3.05) is 26.3 Å². The maximum atomic E-state index is 10.6. The number of hydrogen-bond donors (Lipinski definition) is 0. The first-order valence-electron chi connectivity index (χ1n) is 5.37. The molecule has 0 amide bonds. The molecule has 1 aliphatic heterocycles. The second kappa shape index (κ2) is 5.63. The first-order valence-corrected chi connectivity index (χ1v) is 5.37. The smallest absolute Gasteiger partial charge is 0.294 e. The lowest BCUT2D eigenvalue weighted by Gasteiger charge is -2.32. The zero-order valence-electron chi connectivity index (χ0n) is 9.04. The third-order valence-electron chi connectivity index (χ3n) is 2.65. The number of carbonyl (C=O) groups excluding carboxylic acids is 1. The molecule has 0 N–H and O–H groups in total. The van der Waals surface area contributed by atoms with E-state index in [1.54, 1.807) is 0 Å². The number of rotatable bonds is 4. The topological polar surface area (TPSA) is 38.8 Å². The van der Waals surface area contributed by atoms with Crippen LogP contribution in [0.2, 0.25) is 0 Å². The SMILES string of the molecule is O=COC(c1ccccc1)N1CCOCC1. The van der Waals surface area contributed by atoms with Crippen molar-refractivity contribution in [3.63, 3.8) is 0 Å². The minimum Gasteiger partial charge on any atom is -0.444 e. The first-order chi connectivity index (χ1) is 7.92. The molecule has 1 atom stereocenters. The van der Waals surface area contributed by atoms with Crippen LogP contribution in [0.15, 0.2) is 30.3 Å². The summed E-state index contributed by atoms with van der Waals surface area (Å²) in [7, 11) is 0. The molecule has 0 aromatic heterocycles. The van der Waals surface area contributed by atoms with E-state index >= 15 is 0 Å². The van der Waals surface area contributed by atoms with Crippen molar-refractivity contribution in [1.29, 1.82) is 0 Å². The lowest BCUT2D eigenvalue weighted by molar-refractivity contribution is -0.149. The third kappa shape index (κ3) is 2.59. The summed E-state index contributed by atoms with van der Waals surface area (Å²) in [4.78, 5) is 12.7. The van der Waals surface area contributed by atoms with E-state index < -0.39 is 0 Å². The molecule has 0 saturated carbocycles. The van der Waals surface area contributed by atoms with E-state index in [1.165, 1.54) is 0 Å². The molecule has 0 spiro atoms. The van der Waals surface area contributed by atoms with Gasteiger partial charge in [0.05, 0.1) is 13.2 Å². The molecule has 1 fully saturated rings. The highest BCUT2D eigenvalue weighted by molar-refractivity contribution is 5.38. The van der Waals surface area contributed by atoms with Gasteiger partial charge in [-0.1, -0.05) is 30.3 Å². The Morgan fingerprint density at radius 1 is 1.25 bits per heavy atom. The standard InChI is InChI=1S/C12H15NO3/c14-10-16-12(11-4-2-1-3-5-11)13-6-8-15-9-7-13/h1-5,10,12H,6-9H2. The summed E-state index contributed by atoms with van der Waals surface area (Å²) < 4.78 is 10.4. The van der Waals surface area contributed by atoms with E-state index in [1.807, 2.05) is 30.3 Å². The molecule has 1 aliphatic rings. The average molecular weight is 221 g/mol. The highest BCUT2D eigenvalue weighted by Crippen LogP contribution is 2.21. The number of benzene rings is 1. The summed E-state index contributed by atoms with van der Waals surface area (Å²) in [6.07, 6.45) is -0.289. The van der Waals surface area contributed by atoms with Gasteiger partial charge in [0.1, 0.15) is 0 Å². The van der Waals surface area contributed by atoms with Gasteiger partial charge < -0.3 is 9.47 Å². The van der Waals surface area contributed by atoms with Gasteiger partial charge >= 0.3 is 0 Å². The monoisotopic (exact) mass is 221 g/mol. The van der Waals surface area contributed by atoms with Crippen LogP contribution in [0.4, 0.5) is 0 Å². The van der Waals surface area contributed by atoms with Crippen LogP contribution in [0.3, 0.4) is 0 Å². The van der Waals surface area contributed by atoms with E-state index in [-0.39, 0.29) is 6.23 Å². The number of nitrogens with zero attached hydrogens (tertiary/aromatic N) is 1. The zero-order valence-corrected chi connectivity index (χ0v) is 9.04. The molecular weight excluding hydrogens is 206 g/mol. The van der Waals surface area contributed by atoms with Gasteiger partial charge in [-0.15, -0.1) is 0 Å². The second-order valence-corrected chi connectivity index (χ2v) is 3.64. The lowest BCUT2D eigenvalue weighted by Crippen LogP contribution is -2.40. The Labute approximate surface area is 94.8 Å². The number of ether oxygens (including phenoxy) is 2. The van der Waals surface area contributed by atoms with Crippen LogP contribution in [0.1, 0.15) is 11.8 Å². The van der Waals surface area contributed by atoms with Crippen LogP contribution in [0.25, 0.3) is 0 Å². The molecule has 16 heavy (non-hydrogen) atoms. The van der Waals surface area contributed by atoms with Gasteiger partial charge in [0.25, 0.3) is 6.47 Å². The van der Waals surface area contributed by atoms with Crippen molar-refractivity contribution in [3.05, 3.63) is 35.9 Å². The first kappa shape index (κ1) is 11.1. The van der Waals surface area contributed by atoms with Crippen molar-refractivity contribution in [1.82, 2.24) is 4.90 Å². The molecule has 2 rings (SSSR count). The van der Waals surface area contributed by atoms with Crippen molar-refractivity contribution < 1.29 is 14.3 Å². The van der Waals surface area contributed by atoms with Gasteiger partial charge in [-0.25, -0.2) is 0 Å². The van der Waals surface area contributed by atoms with Gasteiger partial charge in [0.15, 0.2) is 6.23 Å². The minimum absolute atomic E-state index is 0.289. The number of hydrogen-bond acceptors (Lipinski definition) is 4. The number of morpholine rings is 1. The van der Waals surface area contributed by atoms with E-state index in [0.29, 0.717) is 19.7 Å². The molecule has 0 bridgehead atoms. The fourth-order valence-corrected chi connectivity index (χ4v) is 1.86. The van der Waals surface area contributed by atoms with Gasteiger partial charge in [0, 0.05) is 18.7 Å². The zero-order chi connectivity index (χ0) is 11.2. The summed E-state index contributed by atoms with van der Waals surface area (Å²) in [6.45, 7) is 3.45. The van der Waals surface area contributed by atoms with E-state index in [0.717, 1.165) is 18.7 Å². The van der Waals surface area contributed by atoms with Crippen LogP contribution in [0.5, 0.6) is 0 Å². The fourth-order valence-electron chi connectivity index (χ4n) is 1.86. The molecule has 0 radical (unpaired) electrons. The Kier molecular flexibility index (Phi) is 3.91. The molecule has 4 heteroatoms. The van der Waals surface area contributed by atoms with Gasteiger partial charge in [0.2, 0.25) is 0 Å². The summed E-state index contributed by atoms with van der Waals surface area (Å²) in [6, 6.07) is 9.75. The second-order valence-electron chi connectivity index (χ2n) is 3.64. The Hall–Kier alpha value is -1.39. The molecular formula is C12H15NO3. The minimum atomic E-state index is -0.289. The summed E-state index contributed by atoms with van der Waals surface area (Å²) in [5.74, 6) is 0. The highest BCUT2D eigenvalue weighted by Gasteiger charge is 2.23. The molecule has 1 saturated heterocycles. The maximum Gasteiger partial charge on any atom is 0.294 e. The predicted octanol–water partition coefficient (Wildman–Crippen LogP) is 1.19. The summed E-state index contributed by atoms with van der Waals surface area (Å²) in [5, 5.41) is 0. The largest absolute Gasteiger partial charge is 0.444 e. The molecule has 86 valence electrons. The molecule has 1 aromatic carbocycles. The Morgan fingerprint density at radius 2 is 1.94 bits per heavy atom. The van der Waals surface area contributed by atoms with Crippen LogP contribution < -0.4 is 0 Å². The van der Waals surface area contributed by atoms with Crippen LogP contribution in [0, 0.1) is 0 Å². The average Bonchev–Trinajstić information content (AvgIpc) is 2.38. The van der Waals surface area contributed by atoms with E-state index in [2.05, 4.69) is 4.90 Å². The normalized spacial score (nSPS) is 19.0. The molecule has 1 unspecified atom stereocenters. The molecule has 0 aliphatic carbocycles. The molecule has 1 heterocycles. The van der Waals surface area contributed by atoms with Crippen molar-refractivity contribution in [2.45, 2.75) is 6.23 Å². The van der Waals surface area contributed by atoms with E-state index in [9.17, 15) is 4.79 Å². The van der Waals surface area contributed by atoms with Crippen LogP contribution in [-0.4, -0.2) is 37.7 Å². The predicted molar refractivity (Wildman–Crippen MR) is 58.7 cm³/mol. The van der Waals surface area contributed by atoms with Gasteiger partial charge in [-0.3, -0.25) is 9.69 Å². The third-order valence-corrected chi connectivity index (χ3v) is 2.65. The Morgan fingerprint density at radius 3 is 2.56 bits per heavy atom. The Balaban J connectivity index is 2.12. The van der Waals surface area contributed by atoms with Gasteiger partial charge in [-0.2, -0.15) is 0 Å². The molecule has 1 aromatic rings. The Bertz CT molecular complexity index is 322.